The van der Waals surface area contributed by atoms with Crippen molar-refractivity contribution < 1.29 is 14.3 Å². The molecule has 0 aromatic heterocycles. The fourth-order valence-corrected chi connectivity index (χ4v) is 1.87. The Morgan fingerprint density at radius 1 is 1.05 bits per heavy atom. The Balaban J connectivity index is 2.50. The number of hydrogen-bond donors (Lipinski definition) is 1. The molecule has 0 bridgehead atoms. The van der Waals surface area contributed by atoms with Gasteiger partial charge in [0.15, 0.2) is 0 Å². The molecule has 0 unspecified atom stereocenters. The van der Waals surface area contributed by atoms with Gasteiger partial charge in [-0.2, -0.15) is 0 Å². The lowest BCUT2D eigenvalue weighted by atomic mass is 9.96. The first-order valence-corrected chi connectivity index (χ1v) is 5.91. The number of hydrogen-bond acceptors (Lipinski definition) is 1. The summed E-state index contributed by atoms with van der Waals surface area (Å²) in [6, 6.07) is 15.6. The van der Waals surface area contributed by atoms with Crippen molar-refractivity contribution in [3.63, 3.8) is 0 Å². The van der Waals surface area contributed by atoms with Gasteiger partial charge in [-0.15, -0.1) is 0 Å². The van der Waals surface area contributed by atoms with E-state index in [9.17, 15) is 9.18 Å². The Bertz CT molecular complexity index is 603. The van der Waals surface area contributed by atoms with E-state index in [4.69, 9.17) is 5.11 Å². The van der Waals surface area contributed by atoms with E-state index >= 15 is 0 Å². The van der Waals surface area contributed by atoms with Crippen molar-refractivity contribution in [1.82, 2.24) is 0 Å². The zero-order valence-electron chi connectivity index (χ0n) is 10.2. The molecule has 2 rings (SSSR count). The van der Waals surface area contributed by atoms with Gasteiger partial charge in [0.1, 0.15) is 5.82 Å². The third-order valence-electron chi connectivity index (χ3n) is 2.73. The van der Waals surface area contributed by atoms with Gasteiger partial charge in [-0.25, -0.2) is 4.39 Å². The van der Waals surface area contributed by atoms with Gasteiger partial charge in [0.25, 0.3) is 0 Å². The number of rotatable bonds is 4. The highest BCUT2D eigenvalue weighted by molar-refractivity contribution is 5.82. The van der Waals surface area contributed by atoms with Crippen LogP contribution < -0.4 is 0 Å². The molecule has 3 heteroatoms. The van der Waals surface area contributed by atoms with Gasteiger partial charge in [-0.3, -0.25) is 4.79 Å². The quantitative estimate of drug-likeness (QED) is 0.905. The van der Waals surface area contributed by atoms with E-state index in [1.807, 2.05) is 30.3 Å². The van der Waals surface area contributed by atoms with Crippen LogP contribution in [-0.2, 0) is 4.79 Å². The summed E-state index contributed by atoms with van der Waals surface area (Å²) >= 11 is 0. The molecule has 1 N–H and O–H groups in total. The van der Waals surface area contributed by atoms with Gasteiger partial charge < -0.3 is 5.11 Å². The molecule has 19 heavy (non-hydrogen) atoms. The fraction of sp³-hybridized carbons (Fsp3) is 0.0625. The minimum absolute atomic E-state index is 0.140. The van der Waals surface area contributed by atoms with E-state index in [2.05, 4.69) is 0 Å². The van der Waals surface area contributed by atoms with Crippen LogP contribution >= 0.6 is 0 Å². The van der Waals surface area contributed by atoms with Crippen LogP contribution in [0.1, 0.15) is 17.5 Å². The number of benzene rings is 2. The van der Waals surface area contributed by atoms with Crippen molar-refractivity contribution in [3.05, 3.63) is 77.6 Å². The lowest BCUT2D eigenvalue weighted by molar-refractivity contribution is -0.135. The molecular formula is C16H13FO2. The molecule has 0 heterocycles. The molecule has 2 aromatic rings. The fourth-order valence-electron chi connectivity index (χ4n) is 1.87. The van der Waals surface area contributed by atoms with Gasteiger partial charge in [0.2, 0.25) is 0 Å². The monoisotopic (exact) mass is 256 g/mol. The topological polar surface area (TPSA) is 37.3 Å². The summed E-state index contributed by atoms with van der Waals surface area (Å²) < 4.78 is 13.9. The van der Waals surface area contributed by atoms with Crippen LogP contribution in [0.3, 0.4) is 0 Å². The Morgan fingerprint density at radius 2 is 1.68 bits per heavy atom. The van der Waals surface area contributed by atoms with E-state index in [1.165, 1.54) is 12.1 Å². The van der Waals surface area contributed by atoms with Crippen LogP contribution in [0.2, 0.25) is 0 Å². The van der Waals surface area contributed by atoms with Crippen LogP contribution in [-0.4, -0.2) is 11.1 Å². The normalized spacial score (nSPS) is 11.3. The maximum Gasteiger partial charge on any atom is 0.307 e. The summed E-state index contributed by atoms with van der Waals surface area (Å²) in [5.74, 6) is -1.30. The standard InChI is InChI=1S/C16H13FO2/c17-15-9-5-4-8-14(15)13(10-11-16(18)19)12-6-2-1-3-7-12/h1-10H,11H2,(H,18,19)/b13-10+. The highest BCUT2D eigenvalue weighted by Crippen LogP contribution is 2.25. The molecule has 0 aliphatic heterocycles. The summed E-state index contributed by atoms with van der Waals surface area (Å²) in [7, 11) is 0. The van der Waals surface area contributed by atoms with E-state index in [0.29, 0.717) is 11.1 Å². The number of carboxylic acids is 1. The van der Waals surface area contributed by atoms with Crippen molar-refractivity contribution in [1.29, 1.82) is 0 Å². The summed E-state index contributed by atoms with van der Waals surface area (Å²) in [5.41, 5.74) is 1.81. The predicted octanol–water partition coefficient (Wildman–Crippen LogP) is 3.73. The van der Waals surface area contributed by atoms with E-state index in [1.54, 1.807) is 18.2 Å². The highest BCUT2D eigenvalue weighted by Gasteiger charge is 2.09. The zero-order chi connectivity index (χ0) is 13.7. The van der Waals surface area contributed by atoms with Gasteiger partial charge in [-0.1, -0.05) is 54.6 Å². The second kappa shape index (κ2) is 5.96. The average Bonchev–Trinajstić information content (AvgIpc) is 2.42. The average molecular weight is 256 g/mol. The number of aliphatic carboxylic acids is 1. The highest BCUT2D eigenvalue weighted by atomic mass is 19.1. The Kier molecular flexibility index (Phi) is 4.08. The number of carboxylic acid groups (broad SMARTS) is 1. The van der Waals surface area contributed by atoms with Crippen molar-refractivity contribution in [2.45, 2.75) is 6.42 Å². The van der Waals surface area contributed by atoms with Crippen LogP contribution in [0.15, 0.2) is 60.7 Å². The molecule has 0 aliphatic rings. The largest absolute Gasteiger partial charge is 0.481 e. The summed E-state index contributed by atoms with van der Waals surface area (Å²) in [6.07, 6.45) is 1.40. The Hall–Kier alpha value is -2.42. The van der Waals surface area contributed by atoms with Crippen LogP contribution in [0.4, 0.5) is 4.39 Å². The summed E-state index contributed by atoms with van der Waals surface area (Å²) in [6.45, 7) is 0. The van der Waals surface area contributed by atoms with Crippen molar-refractivity contribution in [3.8, 4) is 0 Å². The van der Waals surface area contributed by atoms with Gasteiger partial charge >= 0.3 is 5.97 Å². The minimum Gasteiger partial charge on any atom is -0.481 e. The molecule has 96 valence electrons. The lowest BCUT2D eigenvalue weighted by Gasteiger charge is -2.09. The van der Waals surface area contributed by atoms with E-state index < -0.39 is 5.97 Å². The van der Waals surface area contributed by atoms with E-state index in [0.717, 1.165) is 5.56 Å². The van der Waals surface area contributed by atoms with Gasteiger partial charge in [0, 0.05) is 5.56 Å². The first-order chi connectivity index (χ1) is 9.18. The van der Waals surface area contributed by atoms with Crippen LogP contribution in [0, 0.1) is 5.82 Å². The van der Waals surface area contributed by atoms with Crippen LogP contribution in [0.25, 0.3) is 5.57 Å². The first-order valence-electron chi connectivity index (χ1n) is 5.91. The smallest absolute Gasteiger partial charge is 0.307 e. The maximum absolute atomic E-state index is 13.9. The van der Waals surface area contributed by atoms with Gasteiger partial charge in [0.05, 0.1) is 6.42 Å². The molecule has 2 nitrogen and oxygen atoms in total. The molecule has 0 saturated heterocycles. The minimum atomic E-state index is -0.940. The Labute approximate surface area is 110 Å². The van der Waals surface area contributed by atoms with Crippen molar-refractivity contribution >= 4 is 11.5 Å². The molecule has 2 aromatic carbocycles. The molecule has 0 saturated carbocycles. The molecule has 0 fully saturated rings. The van der Waals surface area contributed by atoms with E-state index in [-0.39, 0.29) is 12.2 Å². The van der Waals surface area contributed by atoms with Crippen molar-refractivity contribution in [2.24, 2.45) is 0 Å². The molecule has 0 atom stereocenters. The maximum atomic E-state index is 13.9. The lowest BCUT2D eigenvalue weighted by Crippen LogP contribution is -1.96. The third kappa shape index (κ3) is 3.28. The second-order valence-corrected chi connectivity index (χ2v) is 4.06. The number of carbonyl (C=O) groups is 1. The van der Waals surface area contributed by atoms with Crippen LogP contribution in [0.5, 0.6) is 0 Å². The second-order valence-electron chi connectivity index (χ2n) is 4.06. The molecule has 0 spiro atoms. The summed E-state index contributed by atoms with van der Waals surface area (Å²) in [5, 5.41) is 8.79. The first kappa shape index (κ1) is 13.0. The Morgan fingerprint density at radius 3 is 2.32 bits per heavy atom. The molecule has 0 amide bonds. The molecule has 0 aliphatic carbocycles. The third-order valence-corrected chi connectivity index (χ3v) is 2.73. The van der Waals surface area contributed by atoms with Crippen molar-refractivity contribution in [2.75, 3.05) is 0 Å². The number of halogens is 1. The molecular weight excluding hydrogens is 243 g/mol. The zero-order valence-corrected chi connectivity index (χ0v) is 10.2. The summed E-state index contributed by atoms with van der Waals surface area (Å²) in [4.78, 5) is 10.7. The molecule has 0 radical (unpaired) electrons. The van der Waals surface area contributed by atoms with Gasteiger partial charge in [-0.05, 0) is 17.2 Å². The SMILES string of the molecule is O=C(O)C/C=C(\c1ccccc1)c1ccccc1F. The predicted molar refractivity (Wildman–Crippen MR) is 72.2 cm³/mol.